The molecule has 1 aliphatic heterocycles. The van der Waals surface area contributed by atoms with Crippen molar-refractivity contribution in [3.8, 4) is 0 Å². The summed E-state index contributed by atoms with van der Waals surface area (Å²) in [7, 11) is 0. The van der Waals surface area contributed by atoms with Crippen molar-refractivity contribution in [3.63, 3.8) is 0 Å². The lowest BCUT2D eigenvalue weighted by Crippen LogP contribution is -2.39. The Bertz CT molecular complexity index is 572. The number of anilines is 2. The molecule has 0 saturated carbocycles. The van der Waals surface area contributed by atoms with Gasteiger partial charge in [-0.15, -0.1) is 0 Å². The molecule has 1 aromatic heterocycles. The maximum atomic E-state index is 5.75. The van der Waals surface area contributed by atoms with Crippen LogP contribution < -0.4 is 11.1 Å². The summed E-state index contributed by atoms with van der Waals surface area (Å²) in [4.78, 5) is 6.98. The highest BCUT2D eigenvalue weighted by Crippen LogP contribution is 2.23. The zero-order valence-electron chi connectivity index (χ0n) is 11.9. The minimum atomic E-state index is 0.452. The molecule has 0 amide bonds. The molecular weight excluding hydrogens is 252 g/mol. The quantitative estimate of drug-likeness (QED) is 0.839. The SMILES string of the molecule is CCCN1CCC(Nc2nc3ccc(N)cc3o2)CC1. The van der Waals surface area contributed by atoms with E-state index < -0.39 is 0 Å². The highest BCUT2D eigenvalue weighted by molar-refractivity contribution is 5.78. The zero-order chi connectivity index (χ0) is 13.9. The molecule has 2 aromatic rings. The normalized spacial score (nSPS) is 17.6. The molecule has 5 nitrogen and oxygen atoms in total. The molecule has 0 spiro atoms. The molecule has 1 aliphatic rings. The molecule has 2 heterocycles. The maximum Gasteiger partial charge on any atom is 0.295 e. The standard InChI is InChI=1S/C15H22N4O/c1-2-7-19-8-5-12(6-9-19)17-15-18-13-4-3-11(16)10-14(13)20-15/h3-4,10,12H,2,5-9,16H2,1H3,(H,17,18). The minimum Gasteiger partial charge on any atom is -0.423 e. The Labute approximate surface area is 119 Å². The van der Waals surface area contributed by atoms with Crippen LogP contribution in [-0.2, 0) is 0 Å². The summed E-state index contributed by atoms with van der Waals surface area (Å²) >= 11 is 0. The van der Waals surface area contributed by atoms with Crippen molar-refractivity contribution in [1.82, 2.24) is 9.88 Å². The summed E-state index contributed by atoms with van der Waals surface area (Å²) in [5.41, 5.74) is 8.05. The molecule has 5 heteroatoms. The van der Waals surface area contributed by atoms with Crippen LogP contribution >= 0.6 is 0 Å². The molecule has 0 unspecified atom stereocenters. The Balaban J connectivity index is 1.62. The summed E-state index contributed by atoms with van der Waals surface area (Å²) < 4.78 is 5.71. The van der Waals surface area contributed by atoms with E-state index in [1.165, 1.54) is 13.0 Å². The predicted molar refractivity (Wildman–Crippen MR) is 81.8 cm³/mol. The Morgan fingerprint density at radius 1 is 1.40 bits per heavy atom. The van der Waals surface area contributed by atoms with Crippen molar-refractivity contribution in [2.75, 3.05) is 30.7 Å². The lowest BCUT2D eigenvalue weighted by molar-refractivity contribution is 0.218. The second-order valence-electron chi connectivity index (χ2n) is 5.51. The van der Waals surface area contributed by atoms with Crippen LogP contribution in [0, 0.1) is 0 Å². The predicted octanol–water partition coefficient (Wildman–Crippen LogP) is 2.70. The van der Waals surface area contributed by atoms with Crippen molar-refractivity contribution in [2.24, 2.45) is 0 Å². The Morgan fingerprint density at radius 2 is 2.20 bits per heavy atom. The summed E-state index contributed by atoms with van der Waals surface area (Å²) in [6.45, 7) is 5.74. The summed E-state index contributed by atoms with van der Waals surface area (Å²) in [6, 6.07) is 6.62. The molecule has 1 fully saturated rings. The van der Waals surface area contributed by atoms with Crippen LogP contribution in [0.3, 0.4) is 0 Å². The lowest BCUT2D eigenvalue weighted by atomic mass is 10.1. The van der Waals surface area contributed by atoms with E-state index in [4.69, 9.17) is 10.2 Å². The number of benzene rings is 1. The van der Waals surface area contributed by atoms with Gasteiger partial charge in [0.15, 0.2) is 5.58 Å². The van der Waals surface area contributed by atoms with Gasteiger partial charge in [0.2, 0.25) is 0 Å². The Kier molecular flexibility index (Phi) is 3.78. The molecule has 0 radical (unpaired) electrons. The molecule has 1 aromatic carbocycles. The highest BCUT2D eigenvalue weighted by atomic mass is 16.4. The fourth-order valence-electron chi connectivity index (χ4n) is 2.79. The number of nitrogens with one attached hydrogen (secondary N) is 1. The van der Waals surface area contributed by atoms with E-state index in [1.807, 2.05) is 18.2 Å². The number of fused-ring (bicyclic) bond motifs is 1. The van der Waals surface area contributed by atoms with E-state index in [-0.39, 0.29) is 0 Å². The monoisotopic (exact) mass is 274 g/mol. The van der Waals surface area contributed by atoms with Crippen LogP contribution in [0.25, 0.3) is 11.1 Å². The second kappa shape index (κ2) is 5.71. The van der Waals surface area contributed by atoms with Crippen LogP contribution in [0.15, 0.2) is 22.6 Å². The van der Waals surface area contributed by atoms with Gasteiger partial charge in [0.25, 0.3) is 6.01 Å². The molecule has 1 saturated heterocycles. The molecular formula is C15H22N4O. The third-order valence-electron chi connectivity index (χ3n) is 3.87. The van der Waals surface area contributed by atoms with Gasteiger partial charge >= 0.3 is 0 Å². The van der Waals surface area contributed by atoms with Gasteiger partial charge in [-0.3, -0.25) is 0 Å². The molecule has 3 N–H and O–H groups in total. The van der Waals surface area contributed by atoms with Crippen LogP contribution in [-0.4, -0.2) is 35.6 Å². The highest BCUT2D eigenvalue weighted by Gasteiger charge is 2.19. The smallest absolute Gasteiger partial charge is 0.295 e. The van der Waals surface area contributed by atoms with Crippen LogP contribution in [0.1, 0.15) is 26.2 Å². The third kappa shape index (κ3) is 2.88. The minimum absolute atomic E-state index is 0.452. The first-order valence-corrected chi connectivity index (χ1v) is 7.39. The van der Waals surface area contributed by atoms with Gasteiger partial charge in [0.05, 0.1) is 0 Å². The lowest BCUT2D eigenvalue weighted by Gasteiger charge is -2.31. The first-order chi connectivity index (χ1) is 9.74. The number of likely N-dealkylation sites (tertiary alicyclic amines) is 1. The Hall–Kier alpha value is -1.75. The van der Waals surface area contributed by atoms with E-state index in [1.54, 1.807) is 0 Å². The van der Waals surface area contributed by atoms with Crippen molar-refractivity contribution in [2.45, 2.75) is 32.2 Å². The fraction of sp³-hybridized carbons (Fsp3) is 0.533. The van der Waals surface area contributed by atoms with Gasteiger partial charge in [0.1, 0.15) is 5.52 Å². The van der Waals surface area contributed by atoms with Crippen molar-refractivity contribution in [1.29, 1.82) is 0 Å². The topological polar surface area (TPSA) is 67.3 Å². The van der Waals surface area contributed by atoms with Gasteiger partial charge < -0.3 is 20.4 Å². The number of hydrogen-bond acceptors (Lipinski definition) is 5. The van der Waals surface area contributed by atoms with E-state index >= 15 is 0 Å². The van der Waals surface area contributed by atoms with Crippen molar-refractivity contribution < 1.29 is 4.42 Å². The van der Waals surface area contributed by atoms with Crippen LogP contribution in [0.5, 0.6) is 0 Å². The van der Waals surface area contributed by atoms with Gasteiger partial charge in [-0.25, -0.2) is 0 Å². The molecule has 0 atom stereocenters. The van der Waals surface area contributed by atoms with Crippen molar-refractivity contribution in [3.05, 3.63) is 18.2 Å². The Morgan fingerprint density at radius 3 is 2.95 bits per heavy atom. The molecule has 108 valence electrons. The number of rotatable bonds is 4. The maximum absolute atomic E-state index is 5.75. The number of hydrogen-bond donors (Lipinski definition) is 2. The number of nitrogen functional groups attached to an aromatic ring is 1. The number of nitrogens with two attached hydrogens (primary N) is 1. The summed E-state index contributed by atoms with van der Waals surface area (Å²) in [6.07, 6.45) is 3.51. The van der Waals surface area contributed by atoms with Gasteiger partial charge in [-0.2, -0.15) is 4.98 Å². The first-order valence-electron chi connectivity index (χ1n) is 7.39. The van der Waals surface area contributed by atoms with E-state index in [0.717, 1.165) is 37.0 Å². The van der Waals surface area contributed by atoms with E-state index in [0.29, 0.717) is 17.7 Å². The second-order valence-corrected chi connectivity index (χ2v) is 5.51. The number of oxazole rings is 1. The number of aromatic nitrogens is 1. The van der Waals surface area contributed by atoms with Gasteiger partial charge in [0, 0.05) is 30.9 Å². The summed E-state index contributed by atoms with van der Waals surface area (Å²) in [5.74, 6) is 0. The number of piperidine rings is 1. The first kappa shape index (κ1) is 13.2. The molecule has 0 bridgehead atoms. The van der Waals surface area contributed by atoms with Crippen LogP contribution in [0.4, 0.5) is 11.7 Å². The fourth-order valence-corrected chi connectivity index (χ4v) is 2.79. The largest absolute Gasteiger partial charge is 0.423 e. The van der Waals surface area contributed by atoms with E-state index in [9.17, 15) is 0 Å². The molecule has 20 heavy (non-hydrogen) atoms. The average Bonchev–Trinajstić information content (AvgIpc) is 2.82. The number of nitrogens with zero attached hydrogens (tertiary/aromatic N) is 2. The zero-order valence-corrected chi connectivity index (χ0v) is 11.9. The average molecular weight is 274 g/mol. The van der Waals surface area contributed by atoms with Gasteiger partial charge in [-0.1, -0.05) is 6.92 Å². The van der Waals surface area contributed by atoms with Gasteiger partial charge in [-0.05, 0) is 37.9 Å². The molecule has 0 aliphatic carbocycles. The third-order valence-corrected chi connectivity index (χ3v) is 3.87. The summed E-state index contributed by atoms with van der Waals surface area (Å²) in [5, 5.41) is 3.41. The van der Waals surface area contributed by atoms with E-state index in [2.05, 4.69) is 22.1 Å². The van der Waals surface area contributed by atoms with Crippen LogP contribution in [0.2, 0.25) is 0 Å². The molecule has 3 rings (SSSR count). The van der Waals surface area contributed by atoms with Crippen molar-refractivity contribution >= 4 is 22.8 Å².